The third-order valence-corrected chi connectivity index (χ3v) is 3.56. The zero-order chi connectivity index (χ0) is 14.4. The van der Waals surface area contributed by atoms with Crippen LogP contribution in [0.25, 0.3) is 0 Å². The van der Waals surface area contributed by atoms with Crippen LogP contribution in [0.15, 0.2) is 34.8 Å². The van der Waals surface area contributed by atoms with E-state index in [2.05, 4.69) is 37.3 Å². The minimum absolute atomic E-state index is 0.490. The van der Waals surface area contributed by atoms with Crippen LogP contribution in [0, 0.1) is 0 Å². The van der Waals surface area contributed by atoms with Gasteiger partial charge >= 0.3 is 0 Å². The van der Waals surface area contributed by atoms with Crippen LogP contribution in [0.1, 0.15) is 24.0 Å². The fourth-order valence-electron chi connectivity index (χ4n) is 1.94. The van der Waals surface area contributed by atoms with Crippen molar-refractivity contribution in [2.24, 2.45) is 0 Å². The molecule has 1 heterocycles. The van der Waals surface area contributed by atoms with Crippen molar-refractivity contribution in [1.82, 2.24) is 9.97 Å². The summed E-state index contributed by atoms with van der Waals surface area (Å²) >= 11 is 3.56. The maximum absolute atomic E-state index is 5.16. The molecule has 106 valence electrons. The quantitative estimate of drug-likeness (QED) is 0.878. The third-order valence-electron chi connectivity index (χ3n) is 2.78. The average Bonchev–Trinajstić information content (AvgIpc) is 2.42. The van der Waals surface area contributed by atoms with Gasteiger partial charge in [-0.25, -0.2) is 9.97 Å². The molecule has 0 saturated heterocycles. The highest BCUT2D eigenvalue weighted by molar-refractivity contribution is 9.10. The predicted octanol–water partition coefficient (Wildman–Crippen LogP) is 3.41. The Morgan fingerprint density at radius 3 is 2.75 bits per heavy atom. The minimum atomic E-state index is 0.490. The first-order valence-electron chi connectivity index (χ1n) is 6.56. The lowest BCUT2D eigenvalue weighted by Crippen LogP contribution is -2.07. The first kappa shape index (κ1) is 14.9. The van der Waals surface area contributed by atoms with E-state index in [4.69, 9.17) is 4.74 Å². The Balaban J connectivity index is 2.28. The van der Waals surface area contributed by atoms with Crippen molar-refractivity contribution in [3.63, 3.8) is 0 Å². The minimum Gasteiger partial charge on any atom is -0.378 e. The maximum atomic E-state index is 5.16. The van der Waals surface area contributed by atoms with E-state index >= 15 is 0 Å². The number of aromatic nitrogens is 2. The Morgan fingerprint density at radius 2 is 2.05 bits per heavy atom. The standard InChI is InChI=1S/C15H18BrN3O/c1-3-17-14-9-12(10-20-2)18-15(19-14)8-11-6-4-5-7-13(11)16/h4-7,9H,3,8,10H2,1-2H3,(H,17,18,19). The van der Waals surface area contributed by atoms with Gasteiger partial charge in [-0.15, -0.1) is 0 Å². The topological polar surface area (TPSA) is 47.0 Å². The highest BCUT2D eigenvalue weighted by atomic mass is 79.9. The molecule has 2 aromatic rings. The van der Waals surface area contributed by atoms with Gasteiger partial charge in [-0.2, -0.15) is 0 Å². The molecule has 1 N–H and O–H groups in total. The molecule has 0 radical (unpaired) electrons. The van der Waals surface area contributed by atoms with E-state index in [-0.39, 0.29) is 0 Å². The number of benzene rings is 1. The Kier molecular flexibility index (Phi) is 5.49. The van der Waals surface area contributed by atoms with Crippen LogP contribution >= 0.6 is 15.9 Å². The van der Waals surface area contributed by atoms with E-state index < -0.39 is 0 Å². The van der Waals surface area contributed by atoms with Gasteiger partial charge in [0, 0.05) is 30.6 Å². The maximum Gasteiger partial charge on any atom is 0.135 e. The lowest BCUT2D eigenvalue weighted by molar-refractivity contribution is 0.181. The van der Waals surface area contributed by atoms with Crippen LogP contribution in [-0.2, 0) is 17.8 Å². The number of hydrogen-bond acceptors (Lipinski definition) is 4. The fraction of sp³-hybridized carbons (Fsp3) is 0.333. The number of nitrogens with zero attached hydrogens (tertiary/aromatic N) is 2. The molecule has 0 aliphatic heterocycles. The smallest absolute Gasteiger partial charge is 0.135 e. The molecule has 0 unspecified atom stereocenters. The Labute approximate surface area is 127 Å². The SMILES string of the molecule is CCNc1cc(COC)nc(Cc2ccccc2Br)n1. The van der Waals surface area contributed by atoms with E-state index in [9.17, 15) is 0 Å². The second kappa shape index (κ2) is 7.36. The first-order valence-corrected chi connectivity index (χ1v) is 7.35. The van der Waals surface area contributed by atoms with E-state index in [1.54, 1.807) is 7.11 Å². The van der Waals surface area contributed by atoms with Crippen molar-refractivity contribution in [2.75, 3.05) is 19.0 Å². The van der Waals surface area contributed by atoms with E-state index in [0.29, 0.717) is 13.0 Å². The van der Waals surface area contributed by atoms with Crippen molar-refractivity contribution in [2.45, 2.75) is 20.0 Å². The van der Waals surface area contributed by atoms with E-state index in [1.165, 1.54) is 5.56 Å². The molecule has 1 aromatic heterocycles. The summed E-state index contributed by atoms with van der Waals surface area (Å²) in [5, 5.41) is 3.23. The monoisotopic (exact) mass is 335 g/mol. The van der Waals surface area contributed by atoms with Gasteiger partial charge in [-0.05, 0) is 18.6 Å². The normalized spacial score (nSPS) is 10.6. The molecule has 0 aliphatic carbocycles. The van der Waals surface area contributed by atoms with Gasteiger partial charge in [0.15, 0.2) is 0 Å². The van der Waals surface area contributed by atoms with Crippen molar-refractivity contribution < 1.29 is 4.74 Å². The molecule has 0 bridgehead atoms. The Hall–Kier alpha value is -1.46. The van der Waals surface area contributed by atoms with Crippen LogP contribution in [0.3, 0.4) is 0 Å². The number of rotatable bonds is 6. The van der Waals surface area contributed by atoms with Gasteiger partial charge in [-0.3, -0.25) is 0 Å². The van der Waals surface area contributed by atoms with Crippen LogP contribution in [0.4, 0.5) is 5.82 Å². The highest BCUT2D eigenvalue weighted by Gasteiger charge is 2.07. The number of halogens is 1. The largest absolute Gasteiger partial charge is 0.378 e. The molecular weight excluding hydrogens is 318 g/mol. The summed E-state index contributed by atoms with van der Waals surface area (Å²) in [6, 6.07) is 10.0. The van der Waals surface area contributed by atoms with Crippen molar-refractivity contribution >= 4 is 21.7 Å². The second-order valence-corrected chi connectivity index (χ2v) is 5.25. The van der Waals surface area contributed by atoms with Crippen LogP contribution in [0.5, 0.6) is 0 Å². The lowest BCUT2D eigenvalue weighted by atomic mass is 10.1. The molecule has 1 aromatic carbocycles. The zero-order valence-corrected chi connectivity index (χ0v) is 13.3. The molecule has 20 heavy (non-hydrogen) atoms. The summed E-state index contributed by atoms with van der Waals surface area (Å²) in [5.41, 5.74) is 2.06. The van der Waals surface area contributed by atoms with Crippen LogP contribution in [0.2, 0.25) is 0 Å². The molecule has 0 atom stereocenters. The molecule has 4 nitrogen and oxygen atoms in total. The molecular formula is C15H18BrN3O. The summed E-state index contributed by atoms with van der Waals surface area (Å²) < 4.78 is 6.24. The van der Waals surface area contributed by atoms with Crippen molar-refractivity contribution in [1.29, 1.82) is 0 Å². The summed E-state index contributed by atoms with van der Waals surface area (Å²) in [7, 11) is 1.67. The van der Waals surface area contributed by atoms with Crippen molar-refractivity contribution in [3.05, 3.63) is 51.9 Å². The van der Waals surface area contributed by atoms with Crippen molar-refractivity contribution in [3.8, 4) is 0 Å². The Morgan fingerprint density at radius 1 is 1.25 bits per heavy atom. The lowest BCUT2D eigenvalue weighted by Gasteiger charge is -2.09. The third kappa shape index (κ3) is 4.02. The molecule has 5 heteroatoms. The van der Waals surface area contributed by atoms with Gasteiger partial charge < -0.3 is 10.1 Å². The van der Waals surface area contributed by atoms with E-state index in [1.807, 2.05) is 31.2 Å². The van der Waals surface area contributed by atoms with Crippen LogP contribution < -0.4 is 5.32 Å². The van der Waals surface area contributed by atoms with Gasteiger partial charge in [0.2, 0.25) is 0 Å². The number of methoxy groups -OCH3 is 1. The fourth-order valence-corrected chi connectivity index (χ4v) is 2.36. The van der Waals surface area contributed by atoms with Gasteiger partial charge in [0.1, 0.15) is 11.6 Å². The predicted molar refractivity (Wildman–Crippen MR) is 83.9 cm³/mol. The van der Waals surface area contributed by atoms with Gasteiger partial charge in [0.25, 0.3) is 0 Å². The number of nitrogens with one attached hydrogen (secondary N) is 1. The molecule has 0 aliphatic rings. The number of hydrogen-bond donors (Lipinski definition) is 1. The van der Waals surface area contributed by atoms with E-state index in [0.717, 1.165) is 28.4 Å². The zero-order valence-electron chi connectivity index (χ0n) is 11.7. The summed E-state index contributed by atoms with van der Waals surface area (Å²) in [4.78, 5) is 9.09. The average molecular weight is 336 g/mol. The number of anilines is 1. The van der Waals surface area contributed by atoms with Gasteiger partial charge in [-0.1, -0.05) is 34.1 Å². The highest BCUT2D eigenvalue weighted by Crippen LogP contribution is 2.19. The summed E-state index contributed by atoms with van der Waals surface area (Å²) in [6.45, 7) is 3.37. The second-order valence-electron chi connectivity index (χ2n) is 4.39. The molecule has 0 saturated carbocycles. The number of ether oxygens (including phenoxy) is 1. The van der Waals surface area contributed by atoms with Crippen LogP contribution in [-0.4, -0.2) is 23.6 Å². The molecule has 2 rings (SSSR count). The first-order chi connectivity index (χ1) is 9.72. The van der Waals surface area contributed by atoms with Gasteiger partial charge in [0.05, 0.1) is 12.3 Å². The molecule has 0 fully saturated rings. The summed E-state index contributed by atoms with van der Waals surface area (Å²) in [5.74, 6) is 1.64. The molecule has 0 amide bonds. The molecule has 0 spiro atoms. The summed E-state index contributed by atoms with van der Waals surface area (Å²) in [6.07, 6.45) is 0.692. The Bertz CT molecular complexity index is 551.